The normalized spacial score (nSPS) is 21.7. The molecule has 1 saturated carbocycles. The highest BCUT2D eigenvalue weighted by Gasteiger charge is 2.32. The molecule has 2 atom stereocenters. The Hall–Kier alpha value is -1.87. The Bertz CT molecular complexity index is 633. The molecule has 3 nitrogen and oxygen atoms in total. The molecule has 0 aliphatic heterocycles. The molecule has 2 unspecified atom stereocenters. The predicted octanol–water partition coefficient (Wildman–Crippen LogP) is 3.43. The van der Waals surface area contributed by atoms with Gasteiger partial charge in [0, 0.05) is 6.54 Å². The van der Waals surface area contributed by atoms with Crippen molar-refractivity contribution in [1.29, 1.82) is 0 Å². The van der Waals surface area contributed by atoms with Crippen LogP contribution < -0.4 is 5.32 Å². The first kappa shape index (κ1) is 14.1. The van der Waals surface area contributed by atoms with Gasteiger partial charge in [0.15, 0.2) is 0 Å². The summed E-state index contributed by atoms with van der Waals surface area (Å²) in [4.78, 5) is 11.2. The van der Waals surface area contributed by atoms with Crippen LogP contribution in [0.5, 0.6) is 0 Å². The van der Waals surface area contributed by atoms with E-state index in [1.54, 1.807) is 0 Å². The molecule has 1 aliphatic rings. The maximum atomic E-state index is 11.2. The zero-order valence-electron chi connectivity index (χ0n) is 12.1. The maximum Gasteiger partial charge on any atom is 0.306 e. The van der Waals surface area contributed by atoms with Gasteiger partial charge >= 0.3 is 5.97 Å². The Kier molecular flexibility index (Phi) is 4.20. The van der Waals surface area contributed by atoms with E-state index >= 15 is 0 Å². The second-order valence-electron chi connectivity index (χ2n) is 5.90. The number of aliphatic carboxylic acids is 1. The van der Waals surface area contributed by atoms with E-state index in [1.165, 1.54) is 16.3 Å². The maximum absolute atomic E-state index is 11.2. The molecule has 1 aliphatic carbocycles. The fourth-order valence-corrected chi connectivity index (χ4v) is 3.45. The minimum absolute atomic E-state index is 0.162. The summed E-state index contributed by atoms with van der Waals surface area (Å²) in [5.74, 6) is -0.521. The molecule has 2 aromatic carbocycles. The van der Waals surface area contributed by atoms with Gasteiger partial charge < -0.3 is 10.4 Å². The van der Waals surface area contributed by atoms with Crippen LogP contribution in [0.15, 0.2) is 42.5 Å². The lowest BCUT2D eigenvalue weighted by atomic mass is 9.96. The molecule has 0 spiro atoms. The molecule has 0 saturated heterocycles. The minimum atomic E-state index is -0.635. The zero-order chi connectivity index (χ0) is 14.7. The average Bonchev–Trinajstić information content (AvgIpc) is 2.96. The van der Waals surface area contributed by atoms with Crippen molar-refractivity contribution >= 4 is 16.7 Å². The first-order valence-electron chi connectivity index (χ1n) is 7.66. The molecule has 21 heavy (non-hydrogen) atoms. The second kappa shape index (κ2) is 6.27. The Morgan fingerprint density at radius 3 is 2.81 bits per heavy atom. The van der Waals surface area contributed by atoms with Crippen molar-refractivity contribution < 1.29 is 9.90 Å². The van der Waals surface area contributed by atoms with Crippen molar-refractivity contribution in [1.82, 2.24) is 5.32 Å². The lowest BCUT2D eigenvalue weighted by molar-refractivity contribution is -0.142. The molecule has 0 bridgehead atoms. The van der Waals surface area contributed by atoms with Crippen molar-refractivity contribution in [3.63, 3.8) is 0 Å². The van der Waals surface area contributed by atoms with Crippen molar-refractivity contribution in [2.45, 2.75) is 25.8 Å². The number of hydrogen-bond acceptors (Lipinski definition) is 2. The van der Waals surface area contributed by atoms with Crippen LogP contribution in [0.3, 0.4) is 0 Å². The summed E-state index contributed by atoms with van der Waals surface area (Å²) in [6.45, 7) is 1.59. The highest BCUT2D eigenvalue weighted by molar-refractivity contribution is 5.85. The van der Waals surface area contributed by atoms with Gasteiger partial charge in [-0.25, -0.2) is 0 Å². The number of rotatable bonds is 5. The monoisotopic (exact) mass is 283 g/mol. The molecule has 0 heterocycles. The smallest absolute Gasteiger partial charge is 0.306 e. The summed E-state index contributed by atoms with van der Waals surface area (Å²) < 4.78 is 0. The standard InChI is InChI=1S/C18H21NO2/c20-18(21)17-10-4-8-15(17)12-19-11-14-7-3-6-13-5-1-2-9-16(13)14/h1-3,5-7,9,15,17,19H,4,8,10-12H2,(H,20,21). The van der Waals surface area contributed by atoms with E-state index < -0.39 is 5.97 Å². The van der Waals surface area contributed by atoms with E-state index in [2.05, 4.69) is 47.8 Å². The molecule has 3 heteroatoms. The van der Waals surface area contributed by atoms with Gasteiger partial charge in [-0.1, -0.05) is 48.9 Å². The summed E-state index contributed by atoms with van der Waals surface area (Å²) in [7, 11) is 0. The Morgan fingerprint density at radius 1 is 1.14 bits per heavy atom. The Balaban J connectivity index is 1.63. The average molecular weight is 283 g/mol. The van der Waals surface area contributed by atoms with Gasteiger partial charge in [-0.3, -0.25) is 4.79 Å². The zero-order valence-corrected chi connectivity index (χ0v) is 12.1. The quantitative estimate of drug-likeness (QED) is 0.884. The number of carbonyl (C=O) groups is 1. The highest BCUT2D eigenvalue weighted by Crippen LogP contribution is 2.31. The van der Waals surface area contributed by atoms with E-state index in [0.717, 1.165) is 32.4 Å². The third-order valence-electron chi connectivity index (χ3n) is 4.58. The molecule has 0 amide bonds. The topological polar surface area (TPSA) is 49.3 Å². The number of hydrogen-bond donors (Lipinski definition) is 2. The first-order chi connectivity index (χ1) is 10.3. The lowest BCUT2D eigenvalue weighted by Gasteiger charge is -2.16. The van der Waals surface area contributed by atoms with Crippen LogP contribution in [0, 0.1) is 11.8 Å². The van der Waals surface area contributed by atoms with E-state index in [9.17, 15) is 9.90 Å². The number of benzene rings is 2. The number of carboxylic acids is 1. The Labute approximate surface area is 125 Å². The molecular formula is C18H21NO2. The van der Waals surface area contributed by atoms with Crippen LogP contribution in [0.2, 0.25) is 0 Å². The van der Waals surface area contributed by atoms with Crippen molar-refractivity contribution in [3.8, 4) is 0 Å². The number of fused-ring (bicyclic) bond motifs is 1. The van der Waals surface area contributed by atoms with Gasteiger partial charge in [-0.05, 0) is 41.6 Å². The van der Waals surface area contributed by atoms with E-state index in [0.29, 0.717) is 0 Å². The molecule has 2 N–H and O–H groups in total. The molecule has 1 fully saturated rings. The molecule has 110 valence electrons. The van der Waals surface area contributed by atoms with Crippen LogP contribution in [0.4, 0.5) is 0 Å². The van der Waals surface area contributed by atoms with Crippen molar-refractivity contribution in [3.05, 3.63) is 48.0 Å². The van der Waals surface area contributed by atoms with Gasteiger partial charge in [0.2, 0.25) is 0 Å². The van der Waals surface area contributed by atoms with Gasteiger partial charge in [-0.15, -0.1) is 0 Å². The summed E-state index contributed by atoms with van der Waals surface area (Å²) in [6.07, 6.45) is 2.90. The lowest BCUT2D eigenvalue weighted by Crippen LogP contribution is -2.28. The minimum Gasteiger partial charge on any atom is -0.481 e. The van der Waals surface area contributed by atoms with E-state index in [1.807, 2.05) is 0 Å². The predicted molar refractivity (Wildman–Crippen MR) is 84.1 cm³/mol. The SMILES string of the molecule is O=C(O)C1CCCC1CNCc1cccc2ccccc12. The highest BCUT2D eigenvalue weighted by atomic mass is 16.4. The Morgan fingerprint density at radius 2 is 1.95 bits per heavy atom. The van der Waals surface area contributed by atoms with Crippen LogP contribution in [-0.4, -0.2) is 17.6 Å². The number of nitrogens with one attached hydrogen (secondary N) is 1. The van der Waals surface area contributed by atoms with Gasteiger partial charge in [0.1, 0.15) is 0 Å². The van der Waals surface area contributed by atoms with Crippen LogP contribution in [-0.2, 0) is 11.3 Å². The first-order valence-corrected chi connectivity index (χ1v) is 7.66. The third-order valence-corrected chi connectivity index (χ3v) is 4.58. The van der Waals surface area contributed by atoms with Crippen molar-refractivity contribution in [2.75, 3.05) is 6.54 Å². The van der Waals surface area contributed by atoms with Gasteiger partial charge in [0.25, 0.3) is 0 Å². The fraction of sp³-hybridized carbons (Fsp3) is 0.389. The largest absolute Gasteiger partial charge is 0.481 e. The molecule has 0 aromatic heterocycles. The molecule has 2 aromatic rings. The van der Waals surface area contributed by atoms with Gasteiger partial charge in [0.05, 0.1) is 5.92 Å². The molecule has 3 rings (SSSR count). The second-order valence-corrected chi connectivity index (χ2v) is 5.90. The summed E-state index contributed by atoms with van der Waals surface area (Å²) in [5, 5.41) is 15.2. The van der Waals surface area contributed by atoms with Crippen LogP contribution >= 0.6 is 0 Å². The summed E-state index contributed by atoms with van der Waals surface area (Å²) in [6, 6.07) is 14.7. The van der Waals surface area contributed by atoms with Crippen LogP contribution in [0.1, 0.15) is 24.8 Å². The molecular weight excluding hydrogens is 262 g/mol. The fourth-order valence-electron chi connectivity index (χ4n) is 3.45. The third kappa shape index (κ3) is 3.08. The van der Waals surface area contributed by atoms with Crippen LogP contribution in [0.25, 0.3) is 10.8 Å². The number of carboxylic acid groups (broad SMARTS) is 1. The molecule has 0 radical (unpaired) electrons. The van der Waals surface area contributed by atoms with Crippen molar-refractivity contribution in [2.24, 2.45) is 11.8 Å². The van der Waals surface area contributed by atoms with Gasteiger partial charge in [-0.2, -0.15) is 0 Å². The van der Waals surface area contributed by atoms with E-state index in [4.69, 9.17) is 0 Å². The summed E-state index contributed by atoms with van der Waals surface area (Å²) >= 11 is 0. The summed E-state index contributed by atoms with van der Waals surface area (Å²) in [5.41, 5.74) is 1.28. The van der Waals surface area contributed by atoms with E-state index in [-0.39, 0.29) is 11.8 Å².